The summed E-state index contributed by atoms with van der Waals surface area (Å²) in [5.74, 6) is 0.530. The molecular formula is C38H66O8P2. The molecule has 2 aromatic carbocycles. The number of hydrogen-bond acceptors (Lipinski definition) is 5. The van der Waals surface area contributed by atoms with Gasteiger partial charge < -0.3 is 24.9 Å². The van der Waals surface area contributed by atoms with Gasteiger partial charge in [0.2, 0.25) is 0 Å². The van der Waals surface area contributed by atoms with E-state index in [1.807, 2.05) is 123 Å². The Morgan fingerprint density at radius 2 is 0.854 bits per heavy atom. The summed E-state index contributed by atoms with van der Waals surface area (Å²) in [4.78, 5) is 29.6. The van der Waals surface area contributed by atoms with E-state index in [-0.39, 0.29) is 27.4 Å². The van der Waals surface area contributed by atoms with Crippen molar-refractivity contribution in [3.8, 4) is 11.5 Å². The van der Waals surface area contributed by atoms with E-state index >= 15 is 0 Å². The van der Waals surface area contributed by atoms with Crippen molar-refractivity contribution in [1.82, 2.24) is 0 Å². The molecule has 276 valence electrons. The Bertz CT molecular complexity index is 1400. The maximum absolute atomic E-state index is 12.4. The van der Waals surface area contributed by atoms with Crippen LogP contribution in [0, 0.1) is 0 Å². The second-order valence-electron chi connectivity index (χ2n) is 17.2. The number of rotatable bonds is 9. The van der Waals surface area contributed by atoms with Crippen LogP contribution in [0.15, 0.2) is 24.3 Å². The van der Waals surface area contributed by atoms with Crippen LogP contribution in [0.4, 0.5) is 0 Å². The molecule has 2 aromatic rings. The third-order valence-electron chi connectivity index (χ3n) is 9.67. The van der Waals surface area contributed by atoms with Gasteiger partial charge in [-0.3, -0.25) is 13.7 Å². The summed E-state index contributed by atoms with van der Waals surface area (Å²) < 4.78 is 29.3. The lowest BCUT2D eigenvalue weighted by atomic mass is 9.75. The van der Waals surface area contributed by atoms with Crippen LogP contribution in [-0.2, 0) is 46.1 Å². The SMILES string of the molecule is CCC(CC)(O[PH](=O)O)c1cc(C(C)(C)C)c(O)c(C(C)(C)C)c1.CCC(CC)(c1cc(C(C)(C)C)c(O)c(C(C)(C)C)c1)P(=O)(O)O. The molecule has 0 aromatic heterocycles. The third kappa shape index (κ3) is 9.77. The molecule has 8 nitrogen and oxygen atoms in total. The van der Waals surface area contributed by atoms with E-state index in [0.29, 0.717) is 37.0 Å². The molecule has 0 fully saturated rings. The zero-order valence-electron chi connectivity index (χ0n) is 32.5. The minimum Gasteiger partial charge on any atom is -0.507 e. The number of aromatic hydroxyl groups is 2. The van der Waals surface area contributed by atoms with E-state index in [0.717, 1.165) is 27.8 Å². The van der Waals surface area contributed by atoms with Crippen molar-refractivity contribution in [2.75, 3.05) is 0 Å². The van der Waals surface area contributed by atoms with Crippen LogP contribution >= 0.6 is 15.9 Å². The molecule has 0 amide bonds. The lowest BCUT2D eigenvalue weighted by Gasteiger charge is -2.36. The van der Waals surface area contributed by atoms with E-state index in [9.17, 15) is 34.0 Å². The van der Waals surface area contributed by atoms with Crippen molar-refractivity contribution in [1.29, 1.82) is 0 Å². The van der Waals surface area contributed by atoms with E-state index < -0.39 is 26.6 Å². The molecule has 0 aliphatic heterocycles. The highest BCUT2D eigenvalue weighted by Gasteiger charge is 2.46. The maximum atomic E-state index is 12.4. The topological polar surface area (TPSA) is 145 Å². The van der Waals surface area contributed by atoms with Crippen LogP contribution in [0.1, 0.15) is 170 Å². The van der Waals surface area contributed by atoms with Crippen LogP contribution in [0.5, 0.6) is 11.5 Å². The van der Waals surface area contributed by atoms with Gasteiger partial charge in [-0.05, 0) is 92.9 Å². The van der Waals surface area contributed by atoms with E-state index in [2.05, 4.69) is 0 Å². The second-order valence-corrected chi connectivity index (χ2v) is 19.9. The Kier molecular flexibility index (Phi) is 14.1. The summed E-state index contributed by atoms with van der Waals surface area (Å²) in [5.41, 5.74) is 2.60. The van der Waals surface area contributed by atoms with Crippen LogP contribution in [0.2, 0.25) is 0 Å². The fraction of sp³-hybridized carbons (Fsp3) is 0.684. The highest BCUT2D eigenvalue weighted by molar-refractivity contribution is 7.53. The van der Waals surface area contributed by atoms with Gasteiger partial charge >= 0.3 is 15.9 Å². The van der Waals surface area contributed by atoms with Gasteiger partial charge in [0, 0.05) is 0 Å². The normalized spacial score (nSPS) is 14.4. The quantitative estimate of drug-likeness (QED) is 0.162. The second kappa shape index (κ2) is 15.3. The van der Waals surface area contributed by atoms with Gasteiger partial charge in [-0.15, -0.1) is 0 Å². The van der Waals surface area contributed by atoms with Gasteiger partial charge in [-0.1, -0.05) is 123 Å². The fourth-order valence-electron chi connectivity index (χ4n) is 6.35. The predicted molar refractivity (Wildman–Crippen MR) is 200 cm³/mol. The monoisotopic (exact) mass is 712 g/mol. The molecule has 0 radical (unpaired) electrons. The van der Waals surface area contributed by atoms with Crippen molar-refractivity contribution in [2.45, 2.75) is 169 Å². The van der Waals surface area contributed by atoms with Gasteiger partial charge in [0.1, 0.15) is 17.1 Å². The molecule has 0 bridgehead atoms. The first-order chi connectivity index (χ1) is 21.4. The average molecular weight is 713 g/mol. The maximum Gasteiger partial charge on any atom is 0.335 e. The Labute approximate surface area is 291 Å². The van der Waals surface area contributed by atoms with Crippen molar-refractivity contribution in [2.24, 2.45) is 0 Å². The Balaban J connectivity index is 0.000000480. The summed E-state index contributed by atoms with van der Waals surface area (Å²) >= 11 is 0. The van der Waals surface area contributed by atoms with E-state index in [4.69, 9.17) is 4.52 Å². The average Bonchev–Trinajstić information content (AvgIpc) is 2.90. The molecule has 48 heavy (non-hydrogen) atoms. The van der Waals surface area contributed by atoms with Crippen LogP contribution in [-0.4, -0.2) is 24.9 Å². The van der Waals surface area contributed by atoms with Crippen molar-refractivity contribution in [3.63, 3.8) is 0 Å². The smallest absolute Gasteiger partial charge is 0.335 e. The van der Waals surface area contributed by atoms with Gasteiger partial charge in [0.05, 0.1) is 5.16 Å². The molecule has 5 N–H and O–H groups in total. The molecular weight excluding hydrogens is 646 g/mol. The summed E-state index contributed by atoms with van der Waals surface area (Å²) in [5, 5.41) is 20.4. The number of phenols is 2. The molecule has 0 heterocycles. The minimum atomic E-state index is -4.37. The number of hydrogen-bond donors (Lipinski definition) is 5. The molecule has 0 saturated heterocycles. The highest BCUT2D eigenvalue weighted by Crippen LogP contribution is 2.62. The van der Waals surface area contributed by atoms with E-state index in [1.165, 1.54) is 0 Å². The summed E-state index contributed by atoms with van der Waals surface area (Å²) in [7, 11) is -7.45. The standard InChI is InChI=1S/2C19H33O4P/c1-9-19(10-2,24(21,22)23)13-11-14(17(3,4)5)16(20)15(12-13)18(6,7)8;1-9-19(10-2,23-24(21)22)13-11-14(17(3,4)5)16(20)15(12-13)18(6,7)8/h11-12,20H,9-10H2,1-8H3,(H2,21,22,23);11-12,20,24H,9-10H2,1-8H3,(H,21,22). The lowest BCUT2D eigenvalue weighted by molar-refractivity contribution is 0.0533. The first kappa shape index (κ1) is 44.4. The van der Waals surface area contributed by atoms with Gasteiger partial charge in [-0.2, -0.15) is 0 Å². The fourth-order valence-corrected chi connectivity index (χ4v) is 8.38. The number of phenolic OH excluding ortho intramolecular Hbond substituents is 2. The van der Waals surface area contributed by atoms with Gasteiger partial charge in [0.25, 0.3) is 0 Å². The highest BCUT2D eigenvalue weighted by atomic mass is 31.2. The van der Waals surface area contributed by atoms with Crippen molar-refractivity contribution >= 4 is 15.9 Å². The molecule has 1 atom stereocenters. The van der Waals surface area contributed by atoms with Crippen molar-refractivity contribution < 1.29 is 38.5 Å². The predicted octanol–water partition coefficient (Wildman–Crippen LogP) is 10.6. The molecule has 10 heteroatoms. The largest absolute Gasteiger partial charge is 0.507 e. The molecule has 0 aliphatic carbocycles. The molecule has 0 aliphatic rings. The zero-order chi connectivity index (χ0) is 38.1. The Morgan fingerprint density at radius 1 is 0.583 bits per heavy atom. The van der Waals surface area contributed by atoms with Crippen LogP contribution in [0.25, 0.3) is 0 Å². The first-order valence-corrected chi connectivity index (χ1v) is 20.0. The van der Waals surface area contributed by atoms with Gasteiger partial charge in [0.15, 0.2) is 0 Å². The summed E-state index contributed by atoms with van der Waals surface area (Å²) in [6.07, 6.45) is 1.84. The minimum absolute atomic E-state index is 0.227. The van der Waals surface area contributed by atoms with Crippen molar-refractivity contribution in [3.05, 3.63) is 57.6 Å². The first-order valence-electron chi connectivity index (χ1n) is 17.1. The Hall–Kier alpha value is -1.66. The summed E-state index contributed by atoms with van der Waals surface area (Å²) in [6, 6.07) is 7.44. The van der Waals surface area contributed by atoms with E-state index in [1.54, 1.807) is 12.1 Å². The van der Waals surface area contributed by atoms with Crippen LogP contribution < -0.4 is 0 Å². The molecule has 2 rings (SSSR count). The summed E-state index contributed by atoms with van der Waals surface area (Å²) in [6.45, 7) is 31.8. The van der Waals surface area contributed by atoms with Gasteiger partial charge in [-0.25, -0.2) is 0 Å². The molecule has 0 saturated carbocycles. The molecule has 1 unspecified atom stereocenters. The molecule has 0 spiro atoms. The lowest BCUT2D eigenvalue weighted by Crippen LogP contribution is -2.28. The third-order valence-corrected chi connectivity index (χ3v) is 12.2. The van der Waals surface area contributed by atoms with Crippen LogP contribution in [0.3, 0.4) is 0 Å². The zero-order valence-corrected chi connectivity index (χ0v) is 34.4. The Morgan fingerprint density at radius 3 is 1.04 bits per heavy atom. The number of benzene rings is 2.